The summed E-state index contributed by atoms with van der Waals surface area (Å²) in [6, 6.07) is 5.97. The van der Waals surface area contributed by atoms with Gasteiger partial charge in [-0.25, -0.2) is 0 Å². The molecule has 4 heteroatoms. The molecule has 0 radical (unpaired) electrons. The molecule has 1 amide bonds. The van der Waals surface area contributed by atoms with Gasteiger partial charge in [0.2, 0.25) is 5.91 Å². The zero-order valence-corrected chi connectivity index (χ0v) is 14.1. The number of halogens is 1. The number of hydrogen-bond acceptors (Lipinski definition) is 2. The Hall–Kier alpha value is -1.22. The quantitative estimate of drug-likeness (QED) is 0.611. The van der Waals surface area contributed by atoms with Crippen molar-refractivity contribution in [2.75, 3.05) is 6.61 Å². The predicted molar refractivity (Wildman–Crippen MR) is 90.6 cm³/mol. The number of nitrogens with one attached hydrogen (secondary N) is 1. The van der Waals surface area contributed by atoms with Crippen molar-refractivity contribution in [2.24, 2.45) is 0 Å². The second-order valence-electron chi connectivity index (χ2n) is 6.12. The second kappa shape index (κ2) is 9.04. The molecule has 0 unspecified atom stereocenters. The highest BCUT2D eigenvalue weighted by Crippen LogP contribution is 2.22. The molecule has 3 nitrogen and oxygen atoms in total. The zero-order valence-electron chi connectivity index (χ0n) is 13.4. The van der Waals surface area contributed by atoms with Crippen LogP contribution in [0.15, 0.2) is 18.2 Å². The van der Waals surface area contributed by atoms with E-state index in [1.807, 2.05) is 25.1 Å². The van der Waals surface area contributed by atoms with Crippen LogP contribution in [0.5, 0.6) is 5.75 Å². The van der Waals surface area contributed by atoms with E-state index in [0.29, 0.717) is 24.1 Å². The third-order valence-electron chi connectivity index (χ3n) is 4.16. The predicted octanol–water partition coefficient (Wildman–Crippen LogP) is 4.65. The van der Waals surface area contributed by atoms with E-state index < -0.39 is 0 Å². The van der Waals surface area contributed by atoms with Crippen LogP contribution in [-0.4, -0.2) is 18.6 Å². The minimum atomic E-state index is 0.156. The summed E-state index contributed by atoms with van der Waals surface area (Å²) >= 11 is 5.92. The molecule has 1 fully saturated rings. The van der Waals surface area contributed by atoms with Crippen molar-refractivity contribution >= 4 is 17.5 Å². The first-order valence-corrected chi connectivity index (χ1v) is 8.71. The number of benzene rings is 1. The Kier molecular flexibility index (Phi) is 7.04. The lowest BCUT2D eigenvalue weighted by Gasteiger charge is -2.16. The fraction of sp³-hybridized carbons (Fsp3) is 0.611. The van der Waals surface area contributed by atoms with E-state index in [2.05, 4.69) is 5.32 Å². The third-order valence-corrected chi connectivity index (χ3v) is 4.40. The van der Waals surface area contributed by atoms with Gasteiger partial charge >= 0.3 is 0 Å². The highest BCUT2D eigenvalue weighted by atomic mass is 35.5. The third kappa shape index (κ3) is 5.88. The number of ether oxygens (including phenoxy) is 1. The lowest BCUT2D eigenvalue weighted by Crippen LogP contribution is -2.34. The Morgan fingerprint density at radius 1 is 1.27 bits per heavy atom. The molecule has 0 aliphatic heterocycles. The summed E-state index contributed by atoms with van der Waals surface area (Å²) in [6.07, 6.45) is 8.62. The van der Waals surface area contributed by atoms with Crippen LogP contribution >= 0.6 is 11.6 Å². The first kappa shape index (κ1) is 17.1. The molecular formula is C18H26ClNO2. The monoisotopic (exact) mass is 323 g/mol. The van der Waals surface area contributed by atoms with Crippen LogP contribution in [0.2, 0.25) is 5.02 Å². The number of rotatable bonds is 6. The lowest BCUT2D eigenvalue weighted by molar-refractivity contribution is -0.122. The van der Waals surface area contributed by atoms with Gasteiger partial charge in [-0.05, 0) is 49.9 Å². The molecule has 0 aromatic heterocycles. The molecule has 0 heterocycles. The standard InChI is InChI=1S/C18H26ClNO2/c1-14-13-15(19)10-11-17(14)22-12-6-9-18(21)20-16-7-4-2-3-5-8-16/h10-11,13,16H,2-9,12H2,1H3,(H,20,21). The largest absolute Gasteiger partial charge is 0.493 e. The Bertz CT molecular complexity index is 482. The molecule has 2 rings (SSSR count). The molecule has 1 N–H and O–H groups in total. The Morgan fingerprint density at radius 3 is 2.68 bits per heavy atom. The van der Waals surface area contributed by atoms with Crippen molar-refractivity contribution in [2.45, 2.75) is 64.3 Å². The summed E-state index contributed by atoms with van der Waals surface area (Å²) in [7, 11) is 0. The molecule has 0 spiro atoms. The van der Waals surface area contributed by atoms with E-state index in [1.54, 1.807) is 0 Å². The van der Waals surface area contributed by atoms with Crippen molar-refractivity contribution in [1.82, 2.24) is 5.32 Å². The summed E-state index contributed by atoms with van der Waals surface area (Å²) in [5.41, 5.74) is 1.02. The van der Waals surface area contributed by atoms with Gasteiger partial charge in [0.1, 0.15) is 5.75 Å². The second-order valence-corrected chi connectivity index (χ2v) is 6.55. The fourth-order valence-electron chi connectivity index (χ4n) is 2.91. The van der Waals surface area contributed by atoms with Gasteiger partial charge in [0, 0.05) is 17.5 Å². The van der Waals surface area contributed by atoms with E-state index in [1.165, 1.54) is 25.7 Å². The van der Waals surface area contributed by atoms with Gasteiger partial charge < -0.3 is 10.1 Å². The molecule has 0 bridgehead atoms. The van der Waals surface area contributed by atoms with E-state index in [0.717, 1.165) is 30.6 Å². The van der Waals surface area contributed by atoms with Crippen LogP contribution in [0.25, 0.3) is 0 Å². The number of carbonyl (C=O) groups excluding carboxylic acids is 1. The summed E-state index contributed by atoms with van der Waals surface area (Å²) in [5.74, 6) is 0.997. The Labute approximate surface area is 138 Å². The van der Waals surface area contributed by atoms with Gasteiger partial charge in [-0.2, -0.15) is 0 Å². The zero-order chi connectivity index (χ0) is 15.8. The number of aryl methyl sites for hydroxylation is 1. The summed E-state index contributed by atoms with van der Waals surface area (Å²) in [6.45, 7) is 2.53. The van der Waals surface area contributed by atoms with Crippen LogP contribution in [-0.2, 0) is 4.79 Å². The van der Waals surface area contributed by atoms with Gasteiger partial charge in [0.15, 0.2) is 0 Å². The van der Waals surface area contributed by atoms with E-state index in [9.17, 15) is 4.79 Å². The average Bonchev–Trinajstić information content (AvgIpc) is 2.74. The summed E-state index contributed by atoms with van der Waals surface area (Å²) in [5, 5.41) is 3.88. The lowest BCUT2D eigenvalue weighted by atomic mass is 10.1. The van der Waals surface area contributed by atoms with Crippen LogP contribution in [0.4, 0.5) is 0 Å². The highest BCUT2D eigenvalue weighted by molar-refractivity contribution is 6.30. The summed E-state index contributed by atoms with van der Waals surface area (Å²) in [4.78, 5) is 12.0. The van der Waals surface area contributed by atoms with Gasteiger partial charge in [-0.15, -0.1) is 0 Å². The summed E-state index contributed by atoms with van der Waals surface area (Å²) < 4.78 is 5.71. The molecule has 0 atom stereocenters. The van der Waals surface area contributed by atoms with E-state index in [-0.39, 0.29) is 5.91 Å². The van der Waals surface area contributed by atoms with Gasteiger partial charge in [0.05, 0.1) is 6.61 Å². The van der Waals surface area contributed by atoms with E-state index >= 15 is 0 Å². The molecule has 122 valence electrons. The van der Waals surface area contributed by atoms with Crippen molar-refractivity contribution in [3.8, 4) is 5.75 Å². The molecule has 0 saturated heterocycles. The molecule has 1 aromatic carbocycles. The van der Waals surface area contributed by atoms with Crippen LogP contribution in [0.1, 0.15) is 56.9 Å². The minimum absolute atomic E-state index is 0.156. The average molecular weight is 324 g/mol. The number of hydrogen-bond donors (Lipinski definition) is 1. The Morgan fingerprint density at radius 2 is 2.00 bits per heavy atom. The molecule has 1 aliphatic carbocycles. The van der Waals surface area contributed by atoms with Crippen LogP contribution in [0.3, 0.4) is 0 Å². The molecule has 1 saturated carbocycles. The van der Waals surface area contributed by atoms with Crippen LogP contribution in [0, 0.1) is 6.92 Å². The molecule has 22 heavy (non-hydrogen) atoms. The fourth-order valence-corrected chi connectivity index (χ4v) is 3.14. The van der Waals surface area contributed by atoms with Crippen molar-refractivity contribution in [3.63, 3.8) is 0 Å². The first-order chi connectivity index (χ1) is 10.6. The number of amides is 1. The maximum absolute atomic E-state index is 12.0. The molecule has 1 aliphatic rings. The number of carbonyl (C=O) groups is 1. The molecular weight excluding hydrogens is 298 g/mol. The van der Waals surface area contributed by atoms with Gasteiger partial charge in [-0.1, -0.05) is 37.3 Å². The van der Waals surface area contributed by atoms with Crippen LogP contribution < -0.4 is 10.1 Å². The molecule has 1 aromatic rings. The normalized spacial score (nSPS) is 16.1. The van der Waals surface area contributed by atoms with Gasteiger partial charge in [0.25, 0.3) is 0 Å². The SMILES string of the molecule is Cc1cc(Cl)ccc1OCCCC(=O)NC1CCCCCC1. The smallest absolute Gasteiger partial charge is 0.220 e. The highest BCUT2D eigenvalue weighted by Gasteiger charge is 2.14. The topological polar surface area (TPSA) is 38.3 Å². The van der Waals surface area contributed by atoms with Crippen molar-refractivity contribution in [1.29, 1.82) is 0 Å². The maximum Gasteiger partial charge on any atom is 0.220 e. The van der Waals surface area contributed by atoms with E-state index in [4.69, 9.17) is 16.3 Å². The van der Waals surface area contributed by atoms with Crippen molar-refractivity contribution < 1.29 is 9.53 Å². The van der Waals surface area contributed by atoms with Crippen molar-refractivity contribution in [3.05, 3.63) is 28.8 Å². The first-order valence-electron chi connectivity index (χ1n) is 8.33. The minimum Gasteiger partial charge on any atom is -0.493 e. The van der Waals surface area contributed by atoms with Gasteiger partial charge in [-0.3, -0.25) is 4.79 Å². The Balaban J connectivity index is 1.64. The maximum atomic E-state index is 12.0.